The van der Waals surface area contributed by atoms with E-state index in [2.05, 4.69) is 11.8 Å². The van der Waals surface area contributed by atoms with E-state index in [4.69, 9.17) is 4.74 Å². The third kappa shape index (κ3) is 7.07. The van der Waals surface area contributed by atoms with Gasteiger partial charge >= 0.3 is 0 Å². The predicted octanol–water partition coefficient (Wildman–Crippen LogP) is 3.80. The van der Waals surface area contributed by atoms with Crippen LogP contribution in [-0.2, 0) is 4.79 Å². The number of ether oxygens (including phenoxy) is 1. The summed E-state index contributed by atoms with van der Waals surface area (Å²) < 4.78 is 5.13. The average Bonchev–Trinajstić information content (AvgIpc) is 2.62. The summed E-state index contributed by atoms with van der Waals surface area (Å²) >= 11 is 0. The molecule has 0 aliphatic heterocycles. The number of amides is 1. The molecule has 0 spiro atoms. The fourth-order valence-electron chi connectivity index (χ4n) is 3.40. The van der Waals surface area contributed by atoms with Crippen molar-refractivity contribution < 1.29 is 14.6 Å². The second-order valence-electron chi connectivity index (χ2n) is 7.51. The molecule has 1 amide bonds. The van der Waals surface area contributed by atoms with E-state index in [-0.39, 0.29) is 24.1 Å². The average molecular weight is 397 g/mol. The van der Waals surface area contributed by atoms with Crippen molar-refractivity contribution in [1.29, 1.82) is 0 Å². The van der Waals surface area contributed by atoms with Gasteiger partial charge in [-0.1, -0.05) is 13.0 Å². The van der Waals surface area contributed by atoms with E-state index in [9.17, 15) is 9.90 Å². The first-order valence-corrected chi connectivity index (χ1v) is 9.41. The van der Waals surface area contributed by atoms with Gasteiger partial charge in [-0.05, 0) is 69.5 Å². The number of carbonyl (C=O) groups is 1. The fraction of sp³-hybridized carbons (Fsp3) is 0.571. The number of phenolic OH excluding ortho intramolecular Hbond substituents is 1. The van der Waals surface area contributed by atoms with Crippen LogP contribution in [0.25, 0.3) is 6.08 Å². The van der Waals surface area contributed by atoms with E-state index >= 15 is 0 Å². The van der Waals surface area contributed by atoms with Crippen LogP contribution in [0, 0.1) is 5.92 Å². The molecule has 1 saturated carbocycles. The summed E-state index contributed by atoms with van der Waals surface area (Å²) in [6, 6.07) is 5.41. The number of phenols is 1. The number of likely N-dealkylation sites (N-methyl/N-ethyl adjacent to an activating group) is 1. The summed E-state index contributed by atoms with van der Waals surface area (Å²) in [6.07, 6.45) is 7.98. The third-order valence-corrected chi connectivity index (χ3v) is 5.12. The summed E-state index contributed by atoms with van der Waals surface area (Å²) in [7, 11) is 5.58. The molecule has 0 aromatic heterocycles. The van der Waals surface area contributed by atoms with Crippen LogP contribution in [0.2, 0.25) is 0 Å². The molecule has 0 heterocycles. The van der Waals surface area contributed by atoms with Crippen LogP contribution in [-0.4, -0.2) is 61.2 Å². The molecule has 1 aliphatic carbocycles. The molecule has 1 aliphatic rings. The predicted molar refractivity (Wildman–Crippen MR) is 113 cm³/mol. The molecule has 1 fully saturated rings. The summed E-state index contributed by atoms with van der Waals surface area (Å²) in [5, 5.41) is 9.69. The highest BCUT2D eigenvalue weighted by molar-refractivity contribution is 5.92. The van der Waals surface area contributed by atoms with Gasteiger partial charge in [0.05, 0.1) is 7.11 Å². The Morgan fingerprint density at radius 1 is 1.22 bits per heavy atom. The van der Waals surface area contributed by atoms with Gasteiger partial charge in [-0.2, -0.15) is 0 Å². The Balaban J connectivity index is 0.00000364. The third-order valence-electron chi connectivity index (χ3n) is 5.12. The number of benzene rings is 1. The maximum absolute atomic E-state index is 12.9. The maximum atomic E-state index is 12.9. The summed E-state index contributed by atoms with van der Waals surface area (Å²) in [5.41, 5.74) is 0.831. The monoisotopic (exact) mass is 396 g/mol. The van der Waals surface area contributed by atoms with Crippen molar-refractivity contribution in [2.75, 3.05) is 34.3 Å². The van der Waals surface area contributed by atoms with Crippen LogP contribution >= 0.6 is 12.4 Å². The number of carbonyl (C=O) groups excluding carboxylic acids is 1. The van der Waals surface area contributed by atoms with E-state index in [0.717, 1.165) is 37.4 Å². The normalized spacial score (nSPS) is 19.7. The molecule has 0 saturated heterocycles. The Bertz CT molecular complexity index is 626. The molecule has 27 heavy (non-hydrogen) atoms. The molecular weight excluding hydrogens is 364 g/mol. The molecule has 0 atom stereocenters. The van der Waals surface area contributed by atoms with Gasteiger partial charge in [0, 0.05) is 25.2 Å². The van der Waals surface area contributed by atoms with Crippen molar-refractivity contribution in [3.8, 4) is 11.5 Å². The molecule has 0 bridgehead atoms. The van der Waals surface area contributed by atoms with Gasteiger partial charge in [-0.3, -0.25) is 4.79 Å². The quantitative estimate of drug-likeness (QED) is 0.712. The van der Waals surface area contributed by atoms with E-state index in [1.807, 2.05) is 19.0 Å². The Kier molecular flexibility index (Phi) is 9.67. The maximum Gasteiger partial charge on any atom is 0.246 e. The van der Waals surface area contributed by atoms with Crippen molar-refractivity contribution in [1.82, 2.24) is 9.80 Å². The molecule has 1 N–H and O–H groups in total. The highest BCUT2D eigenvalue weighted by Crippen LogP contribution is 2.28. The topological polar surface area (TPSA) is 53.0 Å². The first-order valence-electron chi connectivity index (χ1n) is 9.41. The number of methoxy groups -OCH3 is 1. The van der Waals surface area contributed by atoms with Crippen LogP contribution in [0.3, 0.4) is 0 Å². The zero-order valence-electron chi connectivity index (χ0n) is 16.9. The summed E-state index contributed by atoms with van der Waals surface area (Å²) in [5.74, 6) is 1.32. The lowest BCUT2D eigenvalue weighted by atomic mass is 9.86. The molecule has 6 heteroatoms. The van der Waals surface area contributed by atoms with Gasteiger partial charge in [-0.25, -0.2) is 0 Å². The number of hydrogen-bond donors (Lipinski definition) is 1. The second-order valence-corrected chi connectivity index (χ2v) is 7.51. The van der Waals surface area contributed by atoms with Crippen molar-refractivity contribution >= 4 is 24.4 Å². The molecule has 0 radical (unpaired) electrons. The van der Waals surface area contributed by atoms with Crippen LogP contribution in [0.15, 0.2) is 24.3 Å². The van der Waals surface area contributed by atoms with Gasteiger partial charge < -0.3 is 19.6 Å². The van der Waals surface area contributed by atoms with Crippen molar-refractivity contribution in [2.24, 2.45) is 5.92 Å². The minimum absolute atomic E-state index is 0. The summed E-state index contributed by atoms with van der Waals surface area (Å²) in [4.78, 5) is 17.0. The zero-order chi connectivity index (χ0) is 19.1. The first kappa shape index (κ1) is 23.3. The van der Waals surface area contributed by atoms with Crippen LogP contribution in [0.1, 0.15) is 38.2 Å². The molecule has 5 nitrogen and oxygen atoms in total. The molecule has 0 unspecified atom stereocenters. The van der Waals surface area contributed by atoms with Crippen molar-refractivity contribution in [2.45, 2.75) is 38.6 Å². The second kappa shape index (κ2) is 11.2. The van der Waals surface area contributed by atoms with Gasteiger partial charge in [0.2, 0.25) is 5.91 Å². The zero-order valence-corrected chi connectivity index (χ0v) is 17.7. The first-order chi connectivity index (χ1) is 12.4. The lowest BCUT2D eigenvalue weighted by Crippen LogP contribution is -2.44. The number of aromatic hydroxyl groups is 1. The largest absolute Gasteiger partial charge is 0.504 e. The number of hydrogen-bond acceptors (Lipinski definition) is 4. The van der Waals surface area contributed by atoms with E-state index in [1.165, 1.54) is 20.0 Å². The van der Waals surface area contributed by atoms with Gasteiger partial charge in [0.1, 0.15) is 0 Å². The molecular formula is C21H33ClN2O3. The fourth-order valence-corrected chi connectivity index (χ4v) is 3.40. The standard InChI is InChI=1S/C21H32N2O3.ClH/c1-16-5-9-18(10-6-16)23(14-13-22(2)3)21(25)12-8-17-7-11-19(24)20(15-17)26-4;/h7-8,11-12,15-16,18,24H,5-6,9-10,13-14H2,1-4H3;1H/b12-8+;/t16-,18+;. The number of nitrogens with zero attached hydrogens (tertiary/aromatic N) is 2. The number of rotatable bonds is 7. The number of halogens is 1. The Morgan fingerprint density at radius 2 is 1.89 bits per heavy atom. The van der Waals surface area contributed by atoms with Crippen molar-refractivity contribution in [3.63, 3.8) is 0 Å². The van der Waals surface area contributed by atoms with E-state index in [1.54, 1.807) is 30.4 Å². The Hall–Kier alpha value is -1.72. The molecule has 152 valence electrons. The molecule has 1 aromatic carbocycles. The van der Waals surface area contributed by atoms with Crippen LogP contribution in [0.4, 0.5) is 0 Å². The highest BCUT2D eigenvalue weighted by atomic mass is 35.5. The SMILES string of the molecule is COc1cc(/C=C/C(=O)N(CCN(C)C)[C@H]2CC[C@@H](C)CC2)ccc1O.Cl. The van der Waals surface area contributed by atoms with E-state index in [0.29, 0.717) is 11.8 Å². The highest BCUT2D eigenvalue weighted by Gasteiger charge is 2.26. The van der Waals surface area contributed by atoms with Crippen LogP contribution in [0.5, 0.6) is 11.5 Å². The Labute approximate surface area is 169 Å². The van der Waals surface area contributed by atoms with Gasteiger partial charge in [-0.15, -0.1) is 12.4 Å². The molecule has 1 aromatic rings. The molecule has 2 rings (SSSR count). The lowest BCUT2D eigenvalue weighted by Gasteiger charge is -2.36. The minimum atomic E-state index is 0. The smallest absolute Gasteiger partial charge is 0.246 e. The van der Waals surface area contributed by atoms with Crippen LogP contribution < -0.4 is 4.74 Å². The minimum Gasteiger partial charge on any atom is -0.504 e. The van der Waals surface area contributed by atoms with Gasteiger partial charge in [0.25, 0.3) is 0 Å². The van der Waals surface area contributed by atoms with E-state index < -0.39 is 0 Å². The van der Waals surface area contributed by atoms with Gasteiger partial charge in [0.15, 0.2) is 11.5 Å². The Morgan fingerprint density at radius 3 is 2.48 bits per heavy atom. The lowest BCUT2D eigenvalue weighted by molar-refractivity contribution is -0.129. The van der Waals surface area contributed by atoms with Crippen molar-refractivity contribution in [3.05, 3.63) is 29.8 Å². The summed E-state index contributed by atoms with van der Waals surface area (Å²) in [6.45, 7) is 3.90.